The highest BCUT2D eigenvalue weighted by Crippen LogP contribution is 2.28. The van der Waals surface area contributed by atoms with Crippen molar-refractivity contribution < 1.29 is 19.0 Å². The zero-order valence-corrected chi connectivity index (χ0v) is 9.30. The van der Waals surface area contributed by atoms with Crippen molar-refractivity contribution in [1.29, 1.82) is 5.26 Å². The van der Waals surface area contributed by atoms with Gasteiger partial charge in [-0.3, -0.25) is 4.79 Å². The molecule has 0 N–H and O–H groups in total. The normalized spacial score (nSPS) is 15.1. The standard InChI is InChI=1S/C12H11NO4/c1-8(14)17-12(5-13)9-2-3-11-10(4-9)6-15-7-16-11/h2-4,12H,6-7H2,1H3/t12-/m0/s1. The van der Waals surface area contributed by atoms with Crippen LogP contribution in [-0.4, -0.2) is 12.8 Å². The van der Waals surface area contributed by atoms with Gasteiger partial charge in [-0.05, 0) is 12.1 Å². The van der Waals surface area contributed by atoms with Gasteiger partial charge in [-0.25, -0.2) is 0 Å². The number of ether oxygens (including phenoxy) is 3. The molecule has 0 bridgehead atoms. The van der Waals surface area contributed by atoms with Gasteiger partial charge in [0.25, 0.3) is 0 Å². The fourth-order valence-corrected chi connectivity index (χ4v) is 1.61. The summed E-state index contributed by atoms with van der Waals surface area (Å²) < 4.78 is 15.3. The van der Waals surface area contributed by atoms with Gasteiger partial charge in [0.2, 0.25) is 6.10 Å². The molecule has 1 heterocycles. The molecule has 1 aliphatic heterocycles. The first kappa shape index (κ1) is 11.4. The van der Waals surface area contributed by atoms with E-state index in [0.717, 1.165) is 11.3 Å². The highest BCUT2D eigenvalue weighted by Gasteiger charge is 2.17. The first-order valence-electron chi connectivity index (χ1n) is 5.11. The predicted molar refractivity (Wildman–Crippen MR) is 56.8 cm³/mol. The Labute approximate surface area is 98.5 Å². The number of carbonyl (C=O) groups is 1. The van der Waals surface area contributed by atoms with Gasteiger partial charge in [0.05, 0.1) is 6.61 Å². The Kier molecular flexibility index (Phi) is 3.26. The maximum absolute atomic E-state index is 10.9. The molecule has 0 saturated carbocycles. The maximum atomic E-state index is 10.9. The first-order valence-corrected chi connectivity index (χ1v) is 5.11. The van der Waals surface area contributed by atoms with E-state index in [1.165, 1.54) is 6.92 Å². The lowest BCUT2D eigenvalue weighted by atomic mass is 10.1. The minimum absolute atomic E-state index is 0.234. The Morgan fingerprint density at radius 1 is 1.59 bits per heavy atom. The summed E-state index contributed by atoms with van der Waals surface area (Å²) >= 11 is 0. The predicted octanol–water partition coefficient (Wildman–Crippen LogP) is 1.68. The fourth-order valence-electron chi connectivity index (χ4n) is 1.61. The molecule has 5 heteroatoms. The molecule has 0 saturated heterocycles. The van der Waals surface area contributed by atoms with Gasteiger partial charge in [0.15, 0.2) is 6.79 Å². The minimum atomic E-state index is -0.889. The number of fused-ring (bicyclic) bond motifs is 1. The van der Waals surface area contributed by atoms with Crippen molar-refractivity contribution in [3.8, 4) is 11.8 Å². The first-order chi connectivity index (χ1) is 8.20. The van der Waals surface area contributed by atoms with Crippen LogP contribution in [0.3, 0.4) is 0 Å². The fraction of sp³-hybridized carbons (Fsp3) is 0.333. The van der Waals surface area contributed by atoms with E-state index in [1.807, 2.05) is 6.07 Å². The molecule has 1 aromatic carbocycles. The summed E-state index contributed by atoms with van der Waals surface area (Å²) in [6.45, 7) is 1.94. The average Bonchev–Trinajstić information content (AvgIpc) is 2.35. The summed E-state index contributed by atoms with van der Waals surface area (Å²) in [6, 6.07) is 7.15. The van der Waals surface area contributed by atoms with Crippen molar-refractivity contribution in [2.75, 3.05) is 6.79 Å². The summed E-state index contributed by atoms with van der Waals surface area (Å²) in [6.07, 6.45) is -0.889. The molecule has 0 amide bonds. The Bertz CT molecular complexity index is 478. The number of esters is 1. The lowest BCUT2D eigenvalue weighted by molar-refractivity contribution is -0.144. The van der Waals surface area contributed by atoms with Crippen molar-refractivity contribution in [3.63, 3.8) is 0 Å². The van der Waals surface area contributed by atoms with Gasteiger partial charge >= 0.3 is 5.97 Å². The van der Waals surface area contributed by atoms with Crippen LogP contribution in [0.4, 0.5) is 0 Å². The molecule has 5 nitrogen and oxygen atoms in total. The van der Waals surface area contributed by atoms with Crippen LogP contribution in [-0.2, 0) is 20.9 Å². The Balaban J connectivity index is 2.26. The van der Waals surface area contributed by atoms with Crippen LogP contribution in [0.5, 0.6) is 5.75 Å². The number of nitriles is 1. The van der Waals surface area contributed by atoms with Crippen LogP contribution in [0.1, 0.15) is 24.2 Å². The largest absolute Gasteiger partial charge is 0.467 e. The number of hydrogen-bond donors (Lipinski definition) is 0. The van der Waals surface area contributed by atoms with E-state index >= 15 is 0 Å². The Morgan fingerprint density at radius 3 is 3.12 bits per heavy atom. The molecule has 0 aromatic heterocycles. The highest BCUT2D eigenvalue weighted by atomic mass is 16.7. The van der Waals surface area contributed by atoms with E-state index in [2.05, 4.69) is 0 Å². The van der Waals surface area contributed by atoms with Crippen molar-refractivity contribution in [2.45, 2.75) is 19.6 Å². The molecular weight excluding hydrogens is 222 g/mol. The van der Waals surface area contributed by atoms with Crippen molar-refractivity contribution >= 4 is 5.97 Å². The van der Waals surface area contributed by atoms with Crippen LogP contribution in [0.25, 0.3) is 0 Å². The molecule has 17 heavy (non-hydrogen) atoms. The zero-order chi connectivity index (χ0) is 12.3. The van der Waals surface area contributed by atoms with Crippen molar-refractivity contribution in [2.24, 2.45) is 0 Å². The molecule has 1 atom stereocenters. The summed E-state index contributed by atoms with van der Waals surface area (Å²) in [5, 5.41) is 8.94. The van der Waals surface area contributed by atoms with Gasteiger partial charge in [-0.1, -0.05) is 6.07 Å². The average molecular weight is 233 g/mol. The molecule has 1 aromatic rings. The third-order valence-electron chi connectivity index (χ3n) is 2.34. The Hall–Kier alpha value is -2.06. The highest BCUT2D eigenvalue weighted by molar-refractivity contribution is 5.66. The third-order valence-corrected chi connectivity index (χ3v) is 2.34. The number of carbonyl (C=O) groups excluding carboxylic acids is 1. The second kappa shape index (κ2) is 4.85. The quantitative estimate of drug-likeness (QED) is 0.727. The van der Waals surface area contributed by atoms with Crippen molar-refractivity contribution in [1.82, 2.24) is 0 Å². The summed E-state index contributed by atoms with van der Waals surface area (Å²) in [5.74, 6) is 0.251. The summed E-state index contributed by atoms with van der Waals surface area (Å²) in [4.78, 5) is 10.9. The lowest BCUT2D eigenvalue weighted by Crippen LogP contribution is -2.13. The monoisotopic (exact) mass is 233 g/mol. The van der Waals surface area contributed by atoms with E-state index in [-0.39, 0.29) is 6.79 Å². The maximum Gasteiger partial charge on any atom is 0.304 e. The van der Waals surface area contributed by atoms with Crippen LogP contribution in [0, 0.1) is 11.3 Å². The van der Waals surface area contributed by atoms with Gasteiger partial charge in [-0.15, -0.1) is 0 Å². The summed E-state index contributed by atoms with van der Waals surface area (Å²) in [7, 11) is 0. The van der Waals surface area contributed by atoms with E-state index in [1.54, 1.807) is 18.2 Å². The second-order valence-electron chi connectivity index (χ2n) is 3.60. The number of benzene rings is 1. The van der Waals surface area contributed by atoms with E-state index in [4.69, 9.17) is 19.5 Å². The van der Waals surface area contributed by atoms with Crippen LogP contribution < -0.4 is 4.74 Å². The van der Waals surface area contributed by atoms with Gasteiger partial charge in [-0.2, -0.15) is 5.26 Å². The van der Waals surface area contributed by atoms with E-state index < -0.39 is 12.1 Å². The SMILES string of the molecule is CC(=O)O[C@@H](C#N)c1ccc2c(c1)COCO2. The third kappa shape index (κ3) is 2.55. The molecule has 88 valence electrons. The number of rotatable bonds is 2. The number of hydrogen-bond acceptors (Lipinski definition) is 5. The smallest absolute Gasteiger partial charge is 0.304 e. The minimum Gasteiger partial charge on any atom is -0.467 e. The topological polar surface area (TPSA) is 68.6 Å². The molecule has 0 fully saturated rings. The molecule has 0 radical (unpaired) electrons. The van der Waals surface area contributed by atoms with Gasteiger partial charge in [0, 0.05) is 18.1 Å². The van der Waals surface area contributed by atoms with Crippen LogP contribution >= 0.6 is 0 Å². The molecule has 0 spiro atoms. The van der Waals surface area contributed by atoms with Crippen molar-refractivity contribution in [3.05, 3.63) is 29.3 Å². The molecule has 0 aliphatic carbocycles. The second-order valence-corrected chi connectivity index (χ2v) is 3.60. The Morgan fingerprint density at radius 2 is 2.41 bits per heavy atom. The van der Waals surface area contributed by atoms with Crippen LogP contribution in [0.2, 0.25) is 0 Å². The molecule has 2 rings (SSSR count). The van der Waals surface area contributed by atoms with Crippen LogP contribution in [0.15, 0.2) is 18.2 Å². The molecule has 0 unspecified atom stereocenters. The lowest BCUT2D eigenvalue weighted by Gasteiger charge is -2.19. The molecular formula is C12H11NO4. The van der Waals surface area contributed by atoms with Gasteiger partial charge < -0.3 is 14.2 Å². The summed E-state index contributed by atoms with van der Waals surface area (Å²) in [5.41, 5.74) is 1.47. The molecule has 1 aliphatic rings. The zero-order valence-electron chi connectivity index (χ0n) is 9.30. The van der Waals surface area contributed by atoms with E-state index in [9.17, 15) is 4.79 Å². The van der Waals surface area contributed by atoms with E-state index in [0.29, 0.717) is 12.2 Å². The van der Waals surface area contributed by atoms with Gasteiger partial charge in [0.1, 0.15) is 11.8 Å². The number of nitrogens with zero attached hydrogens (tertiary/aromatic N) is 1.